The van der Waals surface area contributed by atoms with Crippen LogP contribution in [0.3, 0.4) is 0 Å². The molecule has 1 aliphatic heterocycles. The van der Waals surface area contributed by atoms with Gasteiger partial charge in [0, 0.05) is 5.56 Å². The molecule has 0 spiro atoms. The number of rotatable bonds is 6. The van der Waals surface area contributed by atoms with Gasteiger partial charge in [0.1, 0.15) is 38.5 Å². The summed E-state index contributed by atoms with van der Waals surface area (Å²) in [7, 11) is 1.62. The molecule has 1 aliphatic rings. The average Bonchev–Trinajstić information content (AvgIpc) is 2.76. The molecule has 0 bridgehead atoms. The first kappa shape index (κ1) is 19.4. The van der Waals surface area contributed by atoms with E-state index in [9.17, 15) is 4.79 Å². The van der Waals surface area contributed by atoms with E-state index in [1.54, 1.807) is 12.0 Å². The first-order valence-corrected chi connectivity index (χ1v) is 10.3. The summed E-state index contributed by atoms with van der Waals surface area (Å²) in [5, 5.41) is 5.65. The van der Waals surface area contributed by atoms with Gasteiger partial charge in [0.05, 0.1) is 12.8 Å². The lowest BCUT2D eigenvalue weighted by Crippen LogP contribution is -3.28. The molecule has 0 aromatic heterocycles. The molecule has 150 valence electrons. The molecule has 3 aromatic carbocycles. The van der Waals surface area contributed by atoms with E-state index in [2.05, 4.69) is 47.8 Å². The summed E-state index contributed by atoms with van der Waals surface area (Å²) in [6.45, 7) is 5.74. The van der Waals surface area contributed by atoms with E-state index in [-0.39, 0.29) is 5.91 Å². The number of nitrogens with one attached hydrogen (secondary N) is 3. The van der Waals surface area contributed by atoms with Crippen molar-refractivity contribution in [2.24, 2.45) is 0 Å². The Kier molecular flexibility index (Phi) is 6.08. The fourth-order valence-corrected chi connectivity index (χ4v) is 4.20. The van der Waals surface area contributed by atoms with Gasteiger partial charge in [-0.25, -0.2) is 0 Å². The molecule has 1 heterocycles. The number of ether oxygens (including phenoxy) is 1. The van der Waals surface area contributed by atoms with Crippen molar-refractivity contribution in [2.75, 3.05) is 45.2 Å². The quantitative estimate of drug-likeness (QED) is 0.581. The Morgan fingerprint density at radius 2 is 1.59 bits per heavy atom. The number of benzene rings is 3. The predicted molar refractivity (Wildman–Crippen MR) is 116 cm³/mol. The highest BCUT2D eigenvalue weighted by Gasteiger charge is 2.25. The fourth-order valence-electron chi connectivity index (χ4n) is 4.20. The molecule has 0 radical (unpaired) electrons. The Bertz CT molecular complexity index is 975. The summed E-state index contributed by atoms with van der Waals surface area (Å²) in [6.07, 6.45) is 0. The number of amides is 1. The minimum absolute atomic E-state index is 0.0435. The maximum absolute atomic E-state index is 12.5. The number of para-hydroxylation sites is 2. The molecule has 4 rings (SSSR count). The van der Waals surface area contributed by atoms with Crippen molar-refractivity contribution < 1.29 is 19.3 Å². The summed E-state index contributed by atoms with van der Waals surface area (Å²) >= 11 is 0. The molecule has 5 nitrogen and oxygen atoms in total. The zero-order valence-electron chi connectivity index (χ0n) is 16.9. The van der Waals surface area contributed by atoms with Gasteiger partial charge in [-0.1, -0.05) is 54.6 Å². The van der Waals surface area contributed by atoms with Crippen LogP contribution in [0, 0.1) is 0 Å². The molecule has 29 heavy (non-hydrogen) atoms. The number of carbonyl (C=O) groups excluding carboxylic acids is 1. The summed E-state index contributed by atoms with van der Waals surface area (Å²) in [4.78, 5) is 15.4. The van der Waals surface area contributed by atoms with E-state index >= 15 is 0 Å². The highest BCUT2D eigenvalue weighted by atomic mass is 16.5. The van der Waals surface area contributed by atoms with Gasteiger partial charge >= 0.3 is 0 Å². The molecule has 0 aliphatic carbocycles. The van der Waals surface area contributed by atoms with Gasteiger partial charge in [0.2, 0.25) is 0 Å². The molecule has 1 saturated heterocycles. The summed E-state index contributed by atoms with van der Waals surface area (Å²) in [5.41, 5.74) is 2.15. The third kappa shape index (κ3) is 4.75. The van der Waals surface area contributed by atoms with E-state index in [4.69, 9.17) is 4.74 Å². The number of hydrogen-bond donors (Lipinski definition) is 3. The number of anilines is 1. The van der Waals surface area contributed by atoms with Crippen LogP contribution in [-0.4, -0.2) is 45.7 Å². The van der Waals surface area contributed by atoms with Crippen molar-refractivity contribution in [1.82, 2.24) is 0 Å². The minimum Gasteiger partial charge on any atom is -0.495 e. The fraction of sp³-hybridized carbons (Fsp3) is 0.292. The van der Waals surface area contributed by atoms with Crippen LogP contribution in [0.5, 0.6) is 5.75 Å². The van der Waals surface area contributed by atoms with Crippen LogP contribution in [0.2, 0.25) is 0 Å². The molecule has 1 fully saturated rings. The largest absolute Gasteiger partial charge is 0.495 e. The van der Waals surface area contributed by atoms with Crippen molar-refractivity contribution in [3.63, 3.8) is 0 Å². The third-order valence-corrected chi connectivity index (χ3v) is 5.78. The van der Waals surface area contributed by atoms with Gasteiger partial charge in [-0.3, -0.25) is 4.79 Å². The summed E-state index contributed by atoms with van der Waals surface area (Å²) < 4.78 is 5.31. The van der Waals surface area contributed by atoms with E-state index in [1.807, 2.05) is 24.3 Å². The number of piperazine rings is 1. The Labute approximate surface area is 171 Å². The number of methoxy groups -OCH3 is 1. The number of quaternary nitrogens is 2. The lowest BCUT2D eigenvalue weighted by atomic mass is 10.0. The summed E-state index contributed by atoms with van der Waals surface area (Å²) in [5.74, 6) is 0.738. The highest BCUT2D eigenvalue weighted by Crippen LogP contribution is 2.22. The minimum atomic E-state index is 0.0435. The maximum Gasteiger partial charge on any atom is 0.279 e. The highest BCUT2D eigenvalue weighted by molar-refractivity contribution is 5.93. The van der Waals surface area contributed by atoms with E-state index in [1.165, 1.54) is 21.2 Å². The zero-order valence-corrected chi connectivity index (χ0v) is 16.9. The summed E-state index contributed by atoms with van der Waals surface area (Å²) in [6, 6.07) is 22.7. The lowest BCUT2D eigenvalue weighted by Gasteiger charge is -2.29. The number of hydrogen-bond acceptors (Lipinski definition) is 2. The molecular formula is C24H29N3O2+2. The topological polar surface area (TPSA) is 47.2 Å². The van der Waals surface area contributed by atoms with Crippen molar-refractivity contribution in [1.29, 1.82) is 0 Å². The van der Waals surface area contributed by atoms with E-state index < -0.39 is 0 Å². The van der Waals surface area contributed by atoms with Crippen LogP contribution >= 0.6 is 0 Å². The van der Waals surface area contributed by atoms with E-state index in [0.29, 0.717) is 12.3 Å². The van der Waals surface area contributed by atoms with Gasteiger partial charge in [-0.2, -0.15) is 0 Å². The molecule has 0 unspecified atom stereocenters. The van der Waals surface area contributed by atoms with Gasteiger partial charge < -0.3 is 19.9 Å². The normalized spacial score (nSPS) is 19.1. The first-order chi connectivity index (χ1) is 14.2. The smallest absolute Gasteiger partial charge is 0.279 e. The van der Waals surface area contributed by atoms with Crippen molar-refractivity contribution >= 4 is 22.4 Å². The molecule has 0 saturated carbocycles. The monoisotopic (exact) mass is 391 g/mol. The molecule has 3 N–H and O–H groups in total. The maximum atomic E-state index is 12.5. The van der Waals surface area contributed by atoms with Crippen LogP contribution in [0.25, 0.3) is 10.8 Å². The van der Waals surface area contributed by atoms with Crippen molar-refractivity contribution in [3.05, 3.63) is 72.3 Å². The van der Waals surface area contributed by atoms with Gasteiger partial charge in [-0.15, -0.1) is 0 Å². The van der Waals surface area contributed by atoms with Crippen LogP contribution in [-0.2, 0) is 11.3 Å². The lowest BCUT2D eigenvalue weighted by molar-refractivity contribution is -1.01. The Morgan fingerprint density at radius 3 is 2.41 bits per heavy atom. The second kappa shape index (κ2) is 9.07. The van der Waals surface area contributed by atoms with Crippen LogP contribution in [0.1, 0.15) is 5.56 Å². The Balaban J connectivity index is 1.30. The van der Waals surface area contributed by atoms with Gasteiger partial charge in [0.15, 0.2) is 6.54 Å². The van der Waals surface area contributed by atoms with Crippen molar-refractivity contribution in [2.45, 2.75) is 6.54 Å². The van der Waals surface area contributed by atoms with Gasteiger partial charge in [0.25, 0.3) is 5.91 Å². The van der Waals surface area contributed by atoms with Crippen LogP contribution in [0.4, 0.5) is 5.69 Å². The second-order valence-electron chi connectivity index (χ2n) is 7.74. The predicted octanol–water partition coefficient (Wildman–Crippen LogP) is 0.771. The van der Waals surface area contributed by atoms with Crippen molar-refractivity contribution in [3.8, 4) is 5.75 Å². The molecule has 0 atom stereocenters. The Morgan fingerprint density at radius 1 is 0.897 bits per heavy atom. The average molecular weight is 392 g/mol. The SMILES string of the molecule is COc1ccccc1NC(=O)C[NH+]1CC[NH+](Cc2cccc3ccccc23)CC1. The molecular weight excluding hydrogens is 362 g/mol. The first-order valence-electron chi connectivity index (χ1n) is 10.3. The standard InChI is InChI=1S/C24H27N3O2/c1-29-23-12-5-4-11-22(23)25-24(28)18-27-15-13-26(14-16-27)17-20-9-6-8-19-7-2-3-10-21(19)20/h2-12H,13-18H2,1H3,(H,25,28)/p+2. The van der Waals surface area contributed by atoms with Gasteiger partial charge in [-0.05, 0) is 22.9 Å². The van der Waals surface area contributed by atoms with Crippen LogP contribution < -0.4 is 19.9 Å². The molecule has 3 aromatic rings. The second-order valence-corrected chi connectivity index (χ2v) is 7.74. The molecule has 5 heteroatoms. The number of carbonyl (C=O) groups is 1. The zero-order chi connectivity index (χ0) is 20.1. The Hall–Kier alpha value is -2.89. The van der Waals surface area contributed by atoms with E-state index in [0.717, 1.165) is 38.4 Å². The number of fused-ring (bicyclic) bond motifs is 1. The van der Waals surface area contributed by atoms with Crippen LogP contribution in [0.15, 0.2) is 66.7 Å². The third-order valence-electron chi connectivity index (χ3n) is 5.78. The molecule has 1 amide bonds.